The van der Waals surface area contributed by atoms with Crippen molar-refractivity contribution >= 4 is 23.1 Å². The Bertz CT molecular complexity index is 1550. The Kier molecular flexibility index (Phi) is 5.69. The first kappa shape index (κ1) is 23.3. The third-order valence-electron chi connectivity index (χ3n) is 6.57. The summed E-state index contributed by atoms with van der Waals surface area (Å²) in [5.74, 6) is -2.31. The molecule has 0 fully saturated rings. The Balaban J connectivity index is 1.21. The van der Waals surface area contributed by atoms with Crippen molar-refractivity contribution in [2.24, 2.45) is 10.9 Å². The van der Waals surface area contributed by atoms with E-state index in [2.05, 4.69) is 32.4 Å². The minimum atomic E-state index is -0.850. The van der Waals surface area contributed by atoms with Crippen LogP contribution in [0.2, 0.25) is 0 Å². The Morgan fingerprint density at radius 3 is 2.46 bits per heavy atom. The van der Waals surface area contributed by atoms with Gasteiger partial charge in [-0.25, -0.2) is 13.8 Å². The Morgan fingerprint density at radius 1 is 1.05 bits per heavy atom. The molecule has 7 nitrogen and oxygen atoms in total. The molecule has 3 aromatic carbocycles. The molecule has 3 heterocycles. The Labute approximate surface area is 214 Å². The molecule has 2 atom stereocenters. The van der Waals surface area contributed by atoms with Crippen LogP contribution in [0.15, 0.2) is 65.3 Å². The summed E-state index contributed by atoms with van der Waals surface area (Å²) in [6.07, 6.45) is 1.30. The molecule has 1 aromatic heterocycles. The van der Waals surface area contributed by atoms with Gasteiger partial charge < -0.3 is 20.6 Å². The van der Waals surface area contributed by atoms with Gasteiger partial charge in [0, 0.05) is 40.4 Å². The van der Waals surface area contributed by atoms with Gasteiger partial charge in [0.2, 0.25) is 0 Å². The van der Waals surface area contributed by atoms with Crippen molar-refractivity contribution in [3.63, 3.8) is 0 Å². The van der Waals surface area contributed by atoms with E-state index >= 15 is 0 Å². The number of amidine groups is 1. The number of carbonyl (C=O) groups is 1. The van der Waals surface area contributed by atoms with Gasteiger partial charge in [-0.15, -0.1) is 11.3 Å². The van der Waals surface area contributed by atoms with E-state index in [1.807, 2.05) is 17.5 Å². The van der Waals surface area contributed by atoms with Crippen LogP contribution in [0.4, 0.5) is 8.78 Å². The van der Waals surface area contributed by atoms with E-state index in [1.54, 1.807) is 29.7 Å². The highest BCUT2D eigenvalue weighted by molar-refractivity contribution is 7.13. The van der Waals surface area contributed by atoms with Crippen molar-refractivity contribution in [1.29, 1.82) is 0 Å². The van der Waals surface area contributed by atoms with Crippen molar-refractivity contribution in [2.75, 3.05) is 7.11 Å². The number of nitrogens with one attached hydrogen (secondary N) is 1. The second-order valence-electron chi connectivity index (χ2n) is 8.68. The van der Waals surface area contributed by atoms with E-state index in [0.29, 0.717) is 5.56 Å². The number of nitrogens with two attached hydrogens (primary N) is 1. The largest absolute Gasteiger partial charge is 0.397 e. The summed E-state index contributed by atoms with van der Waals surface area (Å²) in [6, 6.07) is 13.7. The monoisotopic (exact) mass is 518 g/mol. The number of nitrogens with zero attached hydrogens (tertiary/aromatic N) is 2. The fraction of sp³-hybridized carbons (Fsp3) is 0.148. The minimum absolute atomic E-state index is 0.0406. The molecule has 6 rings (SSSR count). The number of hydrogen-bond donors (Lipinski definition) is 2. The molecule has 1 amide bonds. The molecule has 0 aliphatic carbocycles. The third-order valence-corrected chi connectivity index (χ3v) is 7.39. The van der Waals surface area contributed by atoms with Crippen molar-refractivity contribution in [2.45, 2.75) is 18.8 Å². The third kappa shape index (κ3) is 3.94. The summed E-state index contributed by atoms with van der Waals surface area (Å²) < 4.78 is 35.4. The lowest BCUT2D eigenvalue weighted by Crippen LogP contribution is -2.25. The molecule has 3 N–H and O–H groups in total. The SMILES string of the molecule is CON=C(N)c1cc(F)c(CNC(=O)c2ccc3c(c2)[C@@H]2O[C@H]3c3ccc(-c4nccs4)cc32)c(F)c1. The summed E-state index contributed by atoms with van der Waals surface area (Å²) in [6.45, 7) is -0.336. The summed E-state index contributed by atoms with van der Waals surface area (Å²) in [5, 5.41) is 8.94. The van der Waals surface area contributed by atoms with Gasteiger partial charge in [0.05, 0.1) is 0 Å². The number of ether oxygens (including phenoxy) is 1. The first-order valence-corrected chi connectivity index (χ1v) is 12.3. The number of amides is 1. The normalized spacial score (nSPS) is 17.4. The van der Waals surface area contributed by atoms with Crippen LogP contribution in [0.3, 0.4) is 0 Å². The summed E-state index contributed by atoms with van der Waals surface area (Å²) in [7, 11) is 1.28. The van der Waals surface area contributed by atoms with E-state index in [-0.39, 0.29) is 35.7 Å². The van der Waals surface area contributed by atoms with Gasteiger partial charge in [-0.05, 0) is 52.6 Å². The molecule has 0 saturated heterocycles. The fourth-order valence-corrected chi connectivity index (χ4v) is 5.46. The highest BCUT2D eigenvalue weighted by Crippen LogP contribution is 2.54. The molecule has 186 valence electrons. The van der Waals surface area contributed by atoms with Crippen LogP contribution < -0.4 is 11.1 Å². The minimum Gasteiger partial charge on any atom is -0.397 e. The summed E-state index contributed by atoms with van der Waals surface area (Å²) in [4.78, 5) is 21.8. The smallest absolute Gasteiger partial charge is 0.251 e. The number of halogens is 2. The first-order chi connectivity index (χ1) is 17.9. The quantitative estimate of drug-likeness (QED) is 0.217. The zero-order valence-electron chi connectivity index (χ0n) is 19.5. The van der Waals surface area contributed by atoms with Gasteiger partial charge in [-0.1, -0.05) is 23.4 Å². The van der Waals surface area contributed by atoms with Gasteiger partial charge >= 0.3 is 0 Å². The van der Waals surface area contributed by atoms with Crippen LogP contribution in [-0.4, -0.2) is 23.8 Å². The maximum atomic E-state index is 14.6. The molecule has 2 bridgehead atoms. The number of thiazole rings is 1. The predicted octanol–water partition coefficient (Wildman–Crippen LogP) is 4.81. The fourth-order valence-electron chi connectivity index (χ4n) is 4.83. The second kappa shape index (κ2) is 9.06. The zero-order chi connectivity index (χ0) is 25.7. The number of hydrogen-bond acceptors (Lipinski definition) is 6. The zero-order valence-corrected chi connectivity index (χ0v) is 20.3. The molecule has 2 aliphatic heterocycles. The van der Waals surface area contributed by atoms with E-state index < -0.39 is 17.5 Å². The van der Waals surface area contributed by atoms with E-state index in [0.717, 1.165) is 45.0 Å². The molecule has 4 aromatic rings. The lowest BCUT2D eigenvalue weighted by molar-refractivity contribution is 0.0857. The average molecular weight is 519 g/mol. The number of oxime groups is 1. The molecule has 0 radical (unpaired) electrons. The molecule has 37 heavy (non-hydrogen) atoms. The number of benzene rings is 3. The number of aromatic nitrogens is 1. The number of fused-ring (bicyclic) bond motifs is 8. The summed E-state index contributed by atoms with van der Waals surface area (Å²) >= 11 is 1.57. The highest BCUT2D eigenvalue weighted by atomic mass is 32.1. The van der Waals surface area contributed by atoms with Crippen molar-refractivity contribution < 1.29 is 23.1 Å². The van der Waals surface area contributed by atoms with Gasteiger partial charge in [0.15, 0.2) is 5.84 Å². The van der Waals surface area contributed by atoms with Crippen molar-refractivity contribution in [3.05, 3.63) is 111 Å². The maximum Gasteiger partial charge on any atom is 0.251 e. The van der Waals surface area contributed by atoms with E-state index in [4.69, 9.17) is 10.5 Å². The van der Waals surface area contributed by atoms with Crippen LogP contribution in [0.25, 0.3) is 10.6 Å². The van der Waals surface area contributed by atoms with Crippen LogP contribution in [0.5, 0.6) is 0 Å². The maximum absolute atomic E-state index is 14.6. The summed E-state index contributed by atoms with van der Waals surface area (Å²) in [5.41, 5.74) is 10.9. The first-order valence-electron chi connectivity index (χ1n) is 11.4. The standard InChI is InChI=1S/C27H20F2N4O3S/c1-35-33-25(30)15-10-21(28)20(22(29)11-15)12-32-26(34)13-2-4-16-18(8-13)24-19-9-14(27-31-6-7-37-27)3-5-17(19)23(16)36-24/h2-11,23-24H,12H2,1H3,(H2,30,33)(H,32,34)/t23-,24+/m1/s1. The van der Waals surface area contributed by atoms with Crippen LogP contribution in [-0.2, 0) is 16.1 Å². The lowest BCUT2D eigenvalue weighted by atomic mass is 9.84. The van der Waals surface area contributed by atoms with Gasteiger partial charge in [-0.2, -0.15) is 0 Å². The molecule has 2 aliphatic rings. The topological polar surface area (TPSA) is 98.8 Å². The molecular weight excluding hydrogens is 498 g/mol. The molecule has 0 unspecified atom stereocenters. The Hall–Kier alpha value is -4.15. The van der Waals surface area contributed by atoms with E-state index in [1.165, 1.54) is 7.11 Å². The molecule has 0 saturated carbocycles. The van der Waals surface area contributed by atoms with Crippen molar-refractivity contribution in [1.82, 2.24) is 10.3 Å². The van der Waals surface area contributed by atoms with Crippen LogP contribution in [0.1, 0.15) is 55.9 Å². The van der Waals surface area contributed by atoms with Gasteiger partial charge in [0.25, 0.3) is 5.91 Å². The van der Waals surface area contributed by atoms with E-state index in [9.17, 15) is 13.6 Å². The average Bonchev–Trinajstić information content (AvgIpc) is 3.64. The number of rotatable bonds is 6. The molecule has 0 spiro atoms. The number of carbonyl (C=O) groups excluding carboxylic acids is 1. The predicted molar refractivity (Wildman–Crippen MR) is 134 cm³/mol. The molecular formula is C27H20F2N4O3S. The van der Waals surface area contributed by atoms with Crippen molar-refractivity contribution in [3.8, 4) is 10.6 Å². The van der Waals surface area contributed by atoms with Crippen LogP contribution >= 0.6 is 11.3 Å². The van der Waals surface area contributed by atoms with Crippen LogP contribution in [0, 0.1) is 11.6 Å². The second-order valence-corrected chi connectivity index (χ2v) is 9.58. The molecule has 10 heteroatoms. The van der Waals surface area contributed by atoms with Gasteiger partial charge in [0.1, 0.15) is 36.0 Å². The Morgan fingerprint density at radius 2 is 1.76 bits per heavy atom. The van der Waals surface area contributed by atoms with Gasteiger partial charge in [-0.3, -0.25) is 4.79 Å². The lowest BCUT2D eigenvalue weighted by Gasteiger charge is -2.17. The highest BCUT2D eigenvalue weighted by Gasteiger charge is 2.43.